The summed E-state index contributed by atoms with van der Waals surface area (Å²) in [7, 11) is 0. The number of rotatable bonds is 3. The van der Waals surface area contributed by atoms with Crippen LogP contribution >= 0.6 is 0 Å². The summed E-state index contributed by atoms with van der Waals surface area (Å²) in [6, 6.07) is 14.1. The Morgan fingerprint density at radius 2 is 1.91 bits per heavy atom. The Bertz CT molecular complexity index is 847. The van der Waals surface area contributed by atoms with Gasteiger partial charge in [-0.15, -0.1) is 0 Å². The van der Waals surface area contributed by atoms with Gasteiger partial charge in [0, 0.05) is 24.0 Å². The lowest BCUT2D eigenvalue weighted by Gasteiger charge is -2.33. The molecule has 1 fully saturated rings. The van der Waals surface area contributed by atoms with Crippen molar-refractivity contribution in [2.45, 2.75) is 25.8 Å². The summed E-state index contributed by atoms with van der Waals surface area (Å²) in [5.41, 5.74) is 3.51. The average molecular weight is 305 g/mol. The lowest BCUT2D eigenvalue weighted by atomic mass is 9.82. The highest BCUT2D eigenvalue weighted by Crippen LogP contribution is 2.26. The molecule has 4 rings (SSSR count). The van der Waals surface area contributed by atoms with Gasteiger partial charge in [0.1, 0.15) is 5.65 Å². The number of pyridine rings is 1. The van der Waals surface area contributed by atoms with Crippen molar-refractivity contribution in [3.05, 3.63) is 60.4 Å². The van der Waals surface area contributed by atoms with Crippen LogP contribution in [0.1, 0.15) is 30.1 Å². The van der Waals surface area contributed by atoms with Crippen molar-refractivity contribution in [3.8, 4) is 11.3 Å². The molecule has 1 N–H and O–H groups in total. The fourth-order valence-electron chi connectivity index (χ4n) is 3.16. The summed E-state index contributed by atoms with van der Waals surface area (Å²) in [6.07, 6.45) is 5.98. The molecule has 0 atom stereocenters. The van der Waals surface area contributed by atoms with Gasteiger partial charge >= 0.3 is 0 Å². The van der Waals surface area contributed by atoms with Gasteiger partial charge in [0.15, 0.2) is 0 Å². The highest BCUT2D eigenvalue weighted by atomic mass is 16.1. The van der Waals surface area contributed by atoms with Gasteiger partial charge in [0.2, 0.25) is 0 Å². The third kappa shape index (κ3) is 2.72. The van der Waals surface area contributed by atoms with Gasteiger partial charge in [0.05, 0.1) is 11.3 Å². The van der Waals surface area contributed by atoms with Gasteiger partial charge in [-0.1, -0.05) is 37.3 Å². The van der Waals surface area contributed by atoms with Gasteiger partial charge in [-0.25, -0.2) is 4.98 Å². The van der Waals surface area contributed by atoms with Crippen molar-refractivity contribution in [2.75, 3.05) is 0 Å². The molecule has 0 bridgehead atoms. The number of nitrogens with one attached hydrogen (secondary N) is 1. The molecule has 3 aromatic rings. The normalized spacial score (nSPS) is 20.2. The summed E-state index contributed by atoms with van der Waals surface area (Å²) in [6.45, 7) is 2.21. The van der Waals surface area contributed by atoms with Crippen LogP contribution in [-0.4, -0.2) is 21.3 Å². The predicted octanol–water partition coefficient (Wildman–Crippen LogP) is 3.53. The van der Waals surface area contributed by atoms with E-state index in [4.69, 9.17) is 0 Å². The standard InChI is InChI=1S/C19H19N3O/c1-13-9-16(10-13)20-19(23)15-7-8-18-21-17(12-22(18)11-15)14-5-3-2-4-6-14/h2-8,11-13,16H,9-10H2,1H3,(H,20,23). The zero-order valence-electron chi connectivity index (χ0n) is 13.1. The van der Waals surface area contributed by atoms with Crippen LogP contribution in [0.25, 0.3) is 16.9 Å². The Hall–Kier alpha value is -2.62. The second-order valence-corrected chi connectivity index (χ2v) is 6.42. The fourth-order valence-corrected chi connectivity index (χ4v) is 3.16. The lowest BCUT2D eigenvalue weighted by molar-refractivity contribution is 0.0895. The summed E-state index contributed by atoms with van der Waals surface area (Å²) in [4.78, 5) is 16.9. The molecule has 0 spiro atoms. The van der Waals surface area contributed by atoms with Gasteiger partial charge in [-0.2, -0.15) is 0 Å². The summed E-state index contributed by atoms with van der Waals surface area (Å²) >= 11 is 0. The van der Waals surface area contributed by atoms with Crippen LogP contribution in [0.5, 0.6) is 0 Å². The lowest BCUT2D eigenvalue weighted by Crippen LogP contribution is -2.43. The van der Waals surface area contributed by atoms with Crippen molar-refractivity contribution in [2.24, 2.45) is 5.92 Å². The minimum Gasteiger partial charge on any atom is -0.349 e. The van der Waals surface area contributed by atoms with E-state index in [9.17, 15) is 4.79 Å². The zero-order chi connectivity index (χ0) is 15.8. The Kier molecular flexibility index (Phi) is 3.37. The molecule has 23 heavy (non-hydrogen) atoms. The van der Waals surface area contributed by atoms with E-state index in [0.717, 1.165) is 35.7 Å². The van der Waals surface area contributed by atoms with E-state index in [0.29, 0.717) is 11.6 Å². The number of carbonyl (C=O) groups excluding carboxylic acids is 1. The van der Waals surface area contributed by atoms with Gasteiger partial charge in [-0.05, 0) is 30.9 Å². The molecule has 4 heteroatoms. The first-order valence-corrected chi connectivity index (χ1v) is 8.04. The van der Waals surface area contributed by atoms with Crippen molar-refractivity contribution in [3.63, 3.8) is 0 Å². The number of benzene rings is 1. The number of fused-ring (bicyclic) bond motifs is 1. The predicted molar refractivity (Wildman–Crippen MR) is 90.3 cm³/mol. The van der Waals surface area contributed by atoms with Crippen LogP contribution in [-0.2, 0) is 0 Å². The fraction of sp³-hybridized carbons (Fsp3) is 0.263. The molecule has 0 saturated heterocycles. The molecule has 1 amide bonds. The molecule has 0 radical (unpaired) electrons. The Morgan fingerprint density at radius 3 is 2.65 bits per heavy atom. The molecule has 0 aliphatic heterocycles. The molecule has 2 aromatic heterocycles. The number of nitrogens with zero attached hydrogens (tertiary/aromatic N) is 2. The van der Waals surface area contributed by atoms with Crippen molar-refractivity contribution >= 4 is 11.6 Å². The Labute approximate surface area is 135 Å². The number of carbonyl (C=O) groups is 1. The minimum atomic E-state index is -0.00115. The van der Waals surface area contributed by atoms with Crippen LogP contribution in [0.2, 0.25) is 0 Å². The summed E-state index contributed by atoms with van der Waals surface area (Å²) in [5.74, 6) is 0.726. The largest absolute Gasteiger partial charge is 0.349 e. The first-order chi connectivity index (χ1) is 11.2. The average Bonchev–Trinajstić information content (AvgIpc) is 2.97. The Morgan fingerprint density at radius 1 is 1.13 bits per heavy atom. The zero-order valence-corrected chi connectivity index (χ0v) is 13.1. The minimum absolute atomic E-state index is 0.00115. The van der Waals surface area contributed by atoms with E-state index in [1.165, 1.54) is 0 Å². The monoisotopic (exact) mass is 305 g/mol. The number of amides is 1. The van der Waals surface area contributed by atoms with E-state index in [1.807, 2.05) is 59.3 Å². The molecule has 2 heterocycles. The van der Waals surface area contributed by atoms with E-state index < -0.39 is 0 Å². The SMILES string of the molecule is CC1CC(NC(=O)c2ccc3nc(-c4ccccc4)cn3c2)C1. The van der Waals surface area contributed by atoms with Crippen molar-refractivity contribution < 1.29 is 4.79 Å². The maximum atomic E-state index is 12.3. The number of hydrogen-bond acceptors (Lipinski definition) is 2. The van der Waals surface area contributed by atoms with Gasteiger partial charge in [-0.3, -0.25) is 4.79 Å². The second-order valence-electron chi connectivity index (χ2n) is 6.42. The van der Waals surface area contributed by atoms with Crippen molar-refractivity contribution in [1.29, 1.82) is 0 Å². The molecule has 1 saturated carbocycles. The molecule has 1 aliphatic carbocycles. The maximum Gasteiger partial charge on any atom is 0.252 e. The first kappa shape index (κ1) is 14.0. The van der Waals surface area contributed by atoms with Gasteiger partial charge < -0.3 is 9.72 Å². The summed E-state index contributed by atoms with van der Waals surface area (Å²) < 4.78 is 1.92. The van der Waals surface area contributed by atoms with Crippen LogP contribution in [0, 0.1) is 5.92 Å². The highest BCUT2D eigenvalue weighted by Gasteiger charge is 2.26. The van der Waals surface area contributed by atoms with Crippen LogP contribution in [0.4, 0.5) is 0 Å². The van der Waals surface area contributed by atoms with E-state index in [-0.39, 0.29) is 5.91 Å². The third-order valence-corrected chi connectivity index (χ3v) is 4.49. The summed E-state index contributed by atoms with van der Waals surface area (Å²) in [5, 5.41) is 3.09. The molecule has 0 unspecified atom stereocenters. The third-order valence-electron chi connectivity index (χ3n) is 4.49. The topological polar surface area (TPSA) is 46.4 Å². The Balaban J connectivity index is 1.59. The number of hydrogen-bond donors (Lipinski definition) is 1. The maximum absolute atomic E-state index is 12.3. The molecular formula is C19H19N3O. The van der Waals surface area contributed by atoms with Gasteiger partial charge in [0.25, 0.3) is 5.91 Å². The van der Waals surface area contributed by atoms with Crippen LogP contribution in [0.3, 0.4) is 0 Å². The molecule has 1 aliphatic rings. The number of aromatic nitrogens is 2. The first-order valence-electron chi connectivity index (χ1n) is 8.04. The molecule has 1 aromatic carbocycles. The number of imidazole rings is 1. The van der Waals surface area contributed by atoms with E-state index in [2.05, 4.69) is 17.2 Å². The van der Waals surface area contributed by atoms with Crippen molar-refractivity contribution in [1.82, 2.24) is 14.7 Å². The molecule has 116 valence electrons. The smallest absolute Gasteiger partial charge is 0.252 e. The van der Waals surface area contributed by atoms with Crippen LogP contribution in [0.15, 0.2) is 54.9 Å². The van der Waals surface area contributed by atoms with E-state index in [1.54, 1.807) is 0 Å². The van der Waals surface area contributed by atoms with E-state index >= 15 is 0 Å². The molecular weight excluding hydrogens is 286 g/mol. The quantitative estimate of drug-likeness (QED) is 0.804. The highest BCUT2D eigenvalue weighted by molar-refractivity contribution is 5.94. The van der Waals surface area contributed by atoms with Crippen LogP contribution < -0.4 is 5.32 Å². The molecule has 4 nitrogen and oxygen atoms in total. The second kappa shape index (κ2) is 5.54.